The summed E-state index contributed by atoms with van der Waals surface area (Å²) in [4.78, 5) is 4.62. The maximum absolute atomic E-state index is 6.13. The molecule has 5 heteroatoms. The van der Waals surface area contributed by atoms with Crippen molar-refractivity contribution in [3.05, 3.63) is 18.2 Å². The number of nitrogen functional groups attached to an aromatic ring is 1. The molecule has 3 rings (SSSR count). The average Bonchev–Trinajstić information content (AvgIpc) is 2.84. The first kappa shape index (κ1) is 9.45. The molecule has 0 aromatic carbocycles. The molecule has 1 aliphatic rings. The molecule has 0 spiro atoms. The Labute approximate surface area is 93.9 Å². The van der Waals surface area contributed by atoms with Gasteiger partial charge in [0.1, 0.15) is 17.3 Å². The van der Waals surface area contributed by atoms with Gasteiger partial charge in [0, 0.05) is 31.8 Å². The number of rotatable bonds is 1. The SMILES string of the molecule is Cn1cc(-c2nc3n(c2N)CCCC3)cn1. The highest BCUT2D eigenvalue weighted by molar-refractivity contribution is 5.70. The van der Waals surface area contributed by atoms with Gasteiger partial charge in [-0.15, -0.1) is 0 Å². The summed E-state index contributed by atoms with van der Waals surface area (Å²) in [6, 6.07) is 0. The van der Waals surface area contributed by atoms with Crippen molar-refractivity contribution in [2.45, 2.75) is 25.8 Å². The second-order valence-electron chi connectivity index (χ2n) is 4.27. The smallest absolute Gasteiger partial charge is 0.131 e. The van der Waals surface area contributed by atoms with Gasteiger partial charge in [-0.25, -0.2) is 4.98 Å². The molecule has 0 saturated carbocycles. The lowest BCUT2D eigenvalue weighted by molar-refractivity contribution is 0.527. The molecule has 0 unspecified atom stereocenters. The molecule has 84 valence electrons. The summed E-state index contributed by atoms with van der Waals surface area (Å²) in [5.41, 5.74) is 8.01. The fraction of sp³-hybridized carbons (Fsp3) is 0.455. The second kappa shape index (κ2) is 3.37. The molecule has 0 bridgehead atoms. The van der Waals surface area contributed by atoms with Crippen LogP contribution in [0.4, 0.5) is 5.82 Å². The van der Waals surface area contributed by atoms with Crippen LogP contribution in [-0.4, -0.2) is 19.3 Å². The summed E-state index contributed by atoms with van der Waals surface area (Å²) < 4.78 is 3.90. The fourth-order valence-corrected chi connectivity index (χ4v) is 2.26. The second-order valence-corrected chi connectivity index (χ2v) is 4.27. The van der Waals surface area contributed by atoms with E-state index in [2.05, 4.69) is 14.6 Å². The zero-order valence-corrected chi connectivity index (χ0v) is 9.35. The minimum atomic E-state index is 0.780. The Bertz CT molecular complexity index is 522. The molecule has 0 saturated heterocycles. The molecule has 0 fully saturated rings. The fourth-order valence-electron chi connectivity index (χ4n) is 2.26. The van der Waals surface area contributed by atoms with Crippen molar-refractivity contribution >= 4 is 5.82 Å². The number of anilines is 1. The van der Waals surface area contributed by atoms with Crippen molar-refractivity contribution in [1.29, 1.82) is 0 Å². The Hall–Kier alpha value is -1.78. The number of imidazole rings is 1. The zero-order chi connectivity index (χ0) is 11.1. The van der Waals surface area contributed by atoms with E-state index in [1.807, 2.05) is 19.4 Å². The van der Waals surface area contributed by atoms with E-state index in [4.69, 9.17) is 5.73 Å². The predicted octanol–water partition coefficient (Wildman–Crippen LogP) is 1.20. The normalized spacial score (nSPS) is 15.1. The van der Waals surface area contributed by atoms with Crippen LogP contribution >= 0.6 is 0 Å². The van der Waals surface area contributed by atoms with E-state index in [0.717, 1.165) is 35.9 Å². The van der Waals surface area contributed by atoms with Gasteiger partial charge in [-0.05, 0) is 12.8 Å². The van der Waals surface area contributed by atoms with Gasteiger partial charge in [0.05, 0.1) is 6.20 Å². The molecule has 0 amide bonds. The molecule has 0 atom stereocenters. The van der Waals surface area contributed by atoms with Gasteiger partial charge in [0.15, 0.2) is 0 Å². The Morgan fingerprint density at radius 2 is 2.25 bits per heavy atom. The van der Waals surface area contributed by atoms with Crippen molar-refractivity contribution in [1.82, 2.24) is 19.3 Å². The van der Waals surface area contributed by atoms with Gasteiger partial charge in [-0.2, -0.15) is 5.10 Å². The summed E-state index contributed by atoms with van der Waals surface area (Å²) in [5.74, 6) is 1.89. The third-order valence-electron chi connectivity index (χ3n) is 3.10. The maximum atomic E-state index is 6.13. The van der Waals surface area contributed by atoms with Crippen LogP contribution < -0.4 is 5.73 Å². The molecule has 1 aliphatic heterocycles. The highest BCUT2D eigenvalue weighted by Gasteiger charge is 2.19. The standard InChI is InChI=1S/C11H15N5/c1-15-7-8(6-13-15)10-11(12)16-5-3-2-4-9(16)14-10/h6-7H,2-5,12H2,1H3. The monoisotopic (exact) mass is 217 g/mol. The lowest BCUT2D eigenvalue weighted by Gasteiger charge is -2.13. The molecule has 2 aromatic rings. The van der Waals surface area contributed by atoms with Crippen molar-refractivity contribution in [3.8, 4) is 11.3 Å². The Morgan fingerprint density at radius 1 is 1.38 bits per heavy atom. The van der Waals surface area contributed by atoms with Crippen LogP contribution in [0.3, 0.4) is 0 Å². The predicted molar refractivity (Wildman–Crippen MR) is 61.8 cm³/mol. The molecule has 5 nitrogen and oxygen atoms in total. The molecule has 2 N–H and O–H groups in total. The van der Waals surface area contributed by atoms with Crippen LogP contribution in [0.2, 0.25) is 0 Å². The highest BCUT2D eigenvalue weighted by atomic mass is 15.2. The number of aromatic nitrogens is 4. The van der Waals surface area contributed by atoms with Crippen LogP contribution in [0.1, 0.15) is 18.7 Å². The van der Waals surface area contributed by atoms with Crippen LogP contribution in [-0.2, 0) is 20.0 Å². The minimum absolute atomic E-state index is 0.780. The Balaban J connectivity index is 2.11. The summed E-state index contributed by atoms with van der Waals surface area (Å²) in [5, 5.41) is 4.15. The molecule has 0 radical (unpaired) electrons. The summed E-state index contributed by atoms with van der Waals surface area (Å²) in [6.07, 6.45) is 7.20. The van der Waals surface area contributed by atoms with Crippen molar-refractivity contribution in [2.75, 3.05) is 5.73 Å². The first-order chi connectivity index (χ1) is 7.75. The van der Waals surface area contributed by atoms with E-state index in [1.165, 1.54) is 12.8 Å². The van der Waals surface area contributed by atoms with Gasteiger partial charge < -0.3 is 10.3 Å². The van der Waals surface area contributed by atoms with Crippen LogP contribution in [0.15, 0.2) is 12.4 Å². The molecule has 3 heterocycles. The van der Waals surface area contributed by atoms with E-state index in [9.17, 15) is 0 Å². The summed E-state index contributed by atoms with van der Waals surface area (Å²) in [7, 11) is 1.90. The van der Waals surface area contributed by atoms with Gasteiger partial charge in [-0.3, -0.25) is 4.68 Å². The Morgan fingerprint density at radius 3 is 2.94 bits per heavy atom. The molecule has 0 aliphatic carbocycles. The molecule has 2 aromatic heterocycles. The van der Waals surface area contributed by atoms with Crippen molar-refractivity contribution < 1.29 is 0 Å². The van der Waals surface area contributed by atoms with Crippen LogP contribution in [0, 0.1) is 0 Å². The topological polar surface area (TPSA) is 61.7 Å². The first-order valence-corrected chi connectivity index (χ1v) is 5.59. The van der Waals surface area contributed by atoms with Crippen LogP contribution in [0.5, 0.6) is 0 Å². The highest BCUT2D eigenvalue weighted by Crippen LogP contribution is 2.28. The van der Waals surface area contributed by atoms with E-state index in [0.29, 0.717) is 0 Å². The van der Waals surface area contributed by atoms with E-state index >= 15 is 0 Å². The zero-order valence-electron chi connectivity index (χ0n) is 9.35. The van der Waals surface area contributed by atoms with Gasteiger partial charge in [0.2, 0.25) is 0 Å². The minimum Gasteiger partial charge on any atom is -0.383 e. The number of fused-ring (bicyclic) bond motifs is 1. The quantitative estimate of drug-likeness (QED) is 0.780. The molecule has 16 heavy (non-hydrogen) atoms. The molecular formula is C11H15N5. The lowest BCUT2D eigenvalue weighted by atomic mass is 10.2. The summed E-state index contributed by atoms with van der Waals surface area (Å²) in [6.45, 7) is 0.994. The third kappa shape index (κ3) is 1.31. The van der Waals surface area contributed by atoms with Gasteiger partial charge in [-0.1, -0.05) is 0 Å². The van der Waals surface area contributed by atoms with Crippen molar-refractivity contribution in [2.24, 2.45) is 7.05 Å². The number of hydrogen-bond donors (Lipinski definition) is 1. The van der Waals surface area contributed by atoms with Gasteiger partial charge in [0.25, 0.3) is 0 Å². The van der Waals surface area contributed by atoms with E-state index in [-0.39, 0.29) is 0 Å². The average molecular weight is 217 g/mol. The van der Waals surface area contributed by atoms with Gasteiger partial charge >= 0.3 is 0 Å². The van der Waals surface area contributed by atoms with E-state index < -0.39 is 0 Å². The first-order valence-electron chi connectivity index (χ1n) is 5.59. The van der Waals surface area contributed by atoms with E-state index in [1.54, 1.807) is 4.68 Å². The number of nitrogens with two attached hydrogens (primary N) is 1. The Kier molecular flexibility index (Phi) is 1.99. The summed E-state index contributed by atoms with van der Waals surface area (Å²) >= 11 is 0. The number of hydrogen-bond acceptors (Lipinski definition) is 3. The van der Waals surface area contributed by atoms with Crippen molar-refractivity contribution in [3.63, 3.8) is 0 Å². The van der Waals surface area contributed by atoms with Crippen LogP contribution in [0.25, 0.3) is 11.3 Å². The third-order valence-corrected chi connectivity index (χ3v) is 3.10. The maximum Gasteiger partial charge on any atom is 0.131 e. The largest absolute Gasteiger partial charge is 0.383 e. The number of aryl methyl sites for hydroxylation is 2. The number of nitrogens with zero attached hydrogens (tertiary/aromatic N) is 4. The lowest BCUT2D eigenvalue weighted by Crippen LogP contribution is -2.12. The molecular weight excluding hydrogens is 202 g/mol.